The molecule has 16 N–H and O–H groups in total. The zero-order valence-corrected chi connectivity index (χ0v) is 65.9. The molecular weight excluding hydrogens is 1360 g/mol. The predicted molar refractivity (Wildman–Crippen MR) is 402 cm³/mol. The number of nitrogens with one attached hydrogen (secondary N) is 12. The van der Waals surface area contributed by atoms with Crippen LogP contribution in [0.5, 0.6) is 0 Å². The molecule has 13 amide bonds. The van der Waals surface area contributed by atoms with Gasteiger partial charge in [-0.2, -0.15) is 0 Å². The van der Waals surface area contributed by atoms with E-state index in [1.165, 1.54) is 24.8 Å². The summed E-state index contributed by atoms with van der Waals surface area (Å²) in [6, 6.07) is -6.96. The van der Waals surface area contributed by atoms with E-state index in [-0.39, 0.29) is 82.1 Å². The third-order valence-corrected chi connectivity index (χ3v) is 19.5. The van der Waals surface area contributed by atoms with Gasteiger partial charge in [-0.05, 0) is 125 Å². The molecule has 30 nitrogen and oxygen atoms in total. The van der Waals surface area contributed by atoms with Crippen molar-refractivity contribution >= 4 is 82.8 Å². The molecule has 0 aliphatic carbocycles. The number of nitrogens with zero attached hydrogens (tertiary/aromatic N) is 1. The normalized spacial score (nSPS) is 22.2. The van der Waals surface area contributed by atoms with E-state index in [1.54, 1.807) is 127 Å². The molecule has 596 valence electrons. The lowest BCUT2D eigenvalue weighted by molar-refractivity contribution is -0.157. The maximum absolute atomic E-state index is 15.1. The zero-order chi connectivity index (χ0) is 80.0. The Balaban J connectivity index is 2.00. The maximum atomic E-state index is 15.1. The van der Waals surface area contributed by atoms with E-state index in [4.69, 9.17) is 16.2 Å². The second kappa shape index (κ2) is 45.2. The summed E-state index contributed by atoms with van der Waals surface area (Å²) >= 11 is 0. The van der Waals surface area contributed by atoms with Gasteiger partial charge in [0.25, 0.3) is 5.91 Å². The highest BCUT2D eigenvalue weighted by Crippen LogP contribution is 2.23. The molecule has 2 saturated heterocycles. The second-order valence-electron chi connectivity index (χ2n) is 30.4. The van der Waals surface area contributed by atoms with Crippen molar-refractivity contribution in [1.82, 2.24) is 68.7 Å². The van der Waals surface area contributed by atoms with Crippen LogP contribution in [0.4, 0.5) is 0 Å². The average Bonchev–Trinajstić information content (AvgIpc) is 1.58. The van der Waals surface area contributed by atoms with Crippen molar-refractivity contribution in [1.29, 1.82) is 0 Å². The van der Waals surface area contributed by atoms with Gasteiger partial charge in [0.05, 0.1) is 0 Å². The zero-order valence-electron chi connectivity index (χ0n) is 65.9. The number of carbonyl (C=O) groups is 14. The summed E-state index contributed by atoms with van der Waals surface area (Å²) in [5.41, 5.74) is 12.2. The first-order valence-corrected chi connectivity index (χ1v) is 38.1. The Kier molecular flexibility index (Phi) is 39.1. The molecule has 2 aliphatic heterocycles. The molecule has 3 rings (SSSR count). The number of hydrogen-bond acceptors (Lipinski definition) is 17. The number of cyclic esters (lactones) is 1. The molecule has 0 spiro atoms. The van der Waals surface area contributed by atoms with Crippen LogP contribution in [0.1, 0.15) is 201 Å². The lowest BCUT2D eigenvalue weighted by Gasteiger charge is -2.33. The molecular formula is C76H127N15O15. The van der Waals surface area contributed by atoms with Gasteiger partial charge in [-0.25, -0.2) is 4.79 Å². The summed E-state index contributed by atoms with van der Waals surface area (Å²) in [5.74, 6) is -14.3. The molecule has 1 aromatic rings. The van der Waals surface area contributed by atoms with E-state index in [9.17, 15) is 57.5 Å². The van der Waals surface area contributed by atoms with Gasteiger partial charge in [-0.15, -0.1) is 0 Å². The average molecular weight is 1490 g/mol. The van der Waals surface area contributed by atoms with Crippen LogP contribution in [-0.2, 0) is 78.3 Å². The van der Waals surface area contributed by atoms with Crippen LogP contribution in [0.15, 0.2) is 42.1 Å². The number of ether oxygens (including phenoxy) is 1. The lowest BCUT2D eigenvalue weighted by Crippen LogP contribution is -2.64. The monoisotopic (exact) mass is 1490 g/mol. The smallest absolute Gasteiger partial charge is 0.329 e. The molecule has 1 aromatic carbocycles. The van der Waals surface area contributed by atoms with Gasteiger partial charge in [0.1, 0.15) is 84.3 Å². The Bertz CT molecular complexity index is 3160. The minimum Gasteiger partial charge on any atom is -0.458 e. The maximum Gasteiger partial charge on any atom is 0.329 e. The topological polar surface area (TPSA) is 448 Å². The number of allylic oxidation sites excluding steroid dienone is 1. The van der Waals surface area contributed by atoms with E-state index in [0.29, 0.717) is 37.2 Å². The number of esters is 1. The lowest BCUT2D eigenvalue weighted by atomic mass is 9.95. The predicted octanol–water partition coefficient (Wildman–Crippen LogP) is 2.19. The van der Waals surface area contributed by atoms with Crippen molar-refractivity contribution in [3.8, 4) is 0 Å². The first-order chi connectivity index (χ1) is 49.9. The SMILES string of the molecule is C/C=C1\NC(=O)[C@H](Cc2ccccc2)NC(=O)[C@@H](C(C)C)NC(=O)[C@@H]([C@H](C)CC)NC(=O)[C@H](NC(=O)[C@H](NC(=O)[C@H](CCCN)NC(=O)[C@H]2CCCN2C(=O)[C@H](NC(=O)[C@@H](NC(=O)[C@H](CCCN)NC(=O)[C@H](NC(=O)CCCC(C)C)C(C)C)C(C)C)C(C)C)[C@H](C)CC)[C@H](C)OC(=O)[C@H](C(C)C)NC1=O. The Hall–Kier alpha value is -8.54. The highest BCUT2D eigenvalue weighted by Gasteiger charge is 2.44. The van der Waals surface area contributed by atoms with Crippen LogP contribution in [0, 0.1) is 47.3 Å². The molecule has 30 heteroatoms. The molecule has 2 heterocycles. The fourth-order valence-corrected chi connectivity index (χ4v) is 12.3. The van der Waals surface area contributed by atoms with Gasteiger partial charge in [0.2, 0.25) is 70.9 Å². The molecule has 0 radical (unpaired) electrons. The third kappa shape index (κ3) is 28.3. The fourth-order valence-electron chi connectivity index (χ4n) is 12.3. The summed E-state index contributed by atoms with van der Waals surface area (Å²) in [6.07, 6.45) is 3.09. The molecule has 15 atom stereocenters. The van der Waals surface area contributed by atoms with Gasteiger partial charge >= 0.3 is 5.97 Å². The minimum atomic E-state index is -1.82. The molecule has 0 unspecified atom stereocenters. The Morgan fingerprint density at radius 1 is 0.575 bits per heavy atom. The molecule has 0 bridgehead atoms. The van der Waals surface area contributed by atoms with Crippen molar-refractivity contribution < 1.29 is 71.9 Å². The van der Waals surface area contributed by atoms with Gasteiger partial charge in [0.15, 0.2) is 0 Å². The number of nitrogens with two attached hydrogens (primary N) is 2. The van der Waals surface area contributed by atoms with Gasteiger partial charge < -0.3 is 84.9 Å². The van der Waals surface area contributed by atoms with E-state index in [2.05, 4.69) is 77.6 Å². The molecule has 2 fully saturated rings. The van der Waals surface area contributed by atoms with Gasteiger partial charge in [-0.1, -0.05) is 166 Å². The quantitative estimate of drug-likeness (QED) is 0.0342. The first kappa shape index (κ1) is 91.7. The Labute approximate surface area is 627 Å². The summed E-state index contributed by atoms with van der Waals surface area (Å²) in [7, 11) is 0. The van der Waals surface area contributed by atoms with E-state index in [1.807, 2.05) is 0 Å². The van der Waals surface area contributed by atoms with E-state index in [0.717, 1.165) is 6.42 Å². The number of amides is 13. The van der Waals surface area contributed by atoms with Crippen LogP contribution in [0.2, 0.25) is 0 Å². The minimum absolute atomic E-state index is 0.0327. The van der Waals surface area contributed by atoms with Crippen LogP contribution in [0.3, 0.4) is 0 Å². The van der Waals surface area contributed by atoms with E-state index >= 15 is 9.59 Å². The molecule has 106 heavy (non-hydrogen) atoms. The van der Waals surface area contributed by atoms with Crippen molar-refractivity contribution in [2.45, 2.75) is 280 Å². The van der Waals surface area contributed by atoms with Crippen LogP contribution < -0.4 is 75.3 Å². The van der Waals surface area contributed by atoms with Crippen LogP contribution in [-0.4, -0.2) is 186 Å². The summed E-state index contributed by atoms with van der Waals surface area (Å²) in [4.78, 5) is 203. The van der Waals surface area contributed by atoms with Gasteiger partial charge in [-0.3, -0.25) is 62.3 Å². The first-order valence-electron chi connectivity index (χ1n) is 38.1. The highest BCUT2D eigenvalue weighted by atomic mass is 16.5. The van der Waals surface area contributed by atoms with Crippen molar-refractivity contribution in [2.75, 3.05) is 19.6 Å². The van der Waals surface area contributed by atoms with Gasteiger partial charge in [0, 0.05) is 19.4 Å². The summed E-state index contributed by atoms with van der Waals surface area (Å²) in [6.45, 7) is 31.0. The molecule has 0 saturated carbocycles. The Morgan fingerprint density at radius 2 is 1.10 bits per heavy atom. The highest BCUT2D eigenvalue weighted by molar-refractivity contribution is 6.03. The standard InChI is InChI=1S/C76H127N15O15/c1-19-46(16)61(73(102)90-63-48(18)106-76(105)60(45(14)15)87-64(93)50(21-3)79-67(96)53(39-49-30-23-22-24-31-49)82-70(99)57(42(8)9)85-72(101)62(47(17)20-2)89-74(63)103)88-66(95)51(32-26-36-77)80-68(97)54-34-28-38-91(54)75(104)59(44(12)13)86-71(100)58(43(10)11)84-65(94)52(33-27-37-78)81-69(98)56(41(6)7)83-55(92)35-25-29-40(4)5/h21-24,30-31,40-48,51-54,56-63H,19-20,25-29,32-39,77-78H2,1-18H3,(H,79,96)(H,80,97)(H,81,98)(H,82,99)(H,83,92)(H,84,94)(H,85,101)(H,86,100)(H,87,93)(H,88,95)(H,89,103)(H,90,102)/b50-21-/t46-,47-,48+,51+,52+,53+,54-,56-,57-,58+,59-,60+,61-,62-,63-/m1/s1. The van der Waals surface area contributed by atoms with Crippen molar-refractivity contribution in [3.05, 3.63) is 47.7 Å². The number of rotatable bonds is 35. The summed E-state index contributed by atoms with van der Waals surface area (Å²) < 4.78 is 5.97. The van der Waals surface area contributed by atoms with Crippen LogP contribution >= 0.6 is 0 Å². The fraction of sp³-hybridized carbons (Fsp3) is 0.711. The Morgan fingerprint density at radius 3 is 1.63 bits per heavy atom. The third-order valence-electron chi connectivity index (χ3n) is 19.5. The van der Waals surface area contributed by atoms with Crippen LogP contribution in [0.25, 0.3) is 0 Å². The number of benzene rings is 1. The number of hydrogen-bond donors (Lipinski definition) is 14. The molecule has 0 aromatic heterocycles. The summed E-state index contributed by atoms with van der Waals surface area (Å²) in [5, 5.41) is 32.9. The van der Waals surface area contributed by atoms with Crippen molar-refractivity contribution in [2.24, 2.45) is 58.8 Å². The number of likely N-dealkylation sites (tertiary alicyclic amines) is 1. The van der Waals surface area contributed by atoms with E-state index < -0.39 is 191 Å². The number of carbonyl (C=O) groups excluding carboxylic acids is 14. The van der Waals surface area contributed by atoms with Crippen molar-refractivity contribution in [3.63, 3.8) is 0 Å². The second-order valence-corrected chi connectivity index (χ2v) is 30.4. The largest absolute Gasteiger partial charge is 0.458 e. The molecule has 2 aliphatic rings.